The molecule has 440 valence electrons. The number of para-hydroxylation sites is 1. The Morgan fingerprint density at radius 1 is 0.416 bits per heavy atom. The minimum absolute atomic E-state index is 0.567. The first kappa shape index (κ1) is 61.9. The molecule has 0 saturated heterocycles. The predicted octanol–water partition coefficient (Wildman–Crippen LogP) is 24.9. The van der Waals surface area contributed by atoms with Crippen molar-refractivity contribution in [1.82, 2.24) is 4.57 Å². The van der Waals surface area contributed by atoms with Crippen molar-refractivity contribution < 1.29 is 0 Å². The van der Waals surface area contributed by atoms with E-state index < -0.39 is 0 Å². The summed E-state index contributed by atoms with van der Waals surface area (Å²) in [5, 5.41) is 2.48. The number of hydrogen-bond acceptors (Lipinski definition) is 1. The molecule has 0 aliphatic heterocycles. The van der Waals surface area contributed by atoms with Crippen LogP contribution in [0.3, 0.4) is 0 Å². The van der Waals surface area contributed by atoms with Crippen LogP contribution in [-0.2, 0) is 0 Å². The fourth-order valence-electron chi connectivity index (χ4n) is 12.1. The van der Waals surface area contributed by atoms with Crippen molar-refractivity contribution in [3.8, 4) is 72.4 Å². The molecule has 2 heteroatoms. The summed E-state index contributed by atoms with van der Waals surface area (Å²) in [6, 6.07) is 94.3. The number of fused-ring (bicyclic) bond motifs is 3. The monoisotopic (exact) mass is 1150 g/mol. The summed E-state index contributed by atoms with van der Waals surface area (Å²) in [7, 11) is 0. The largest absolute Gasteiger partial charge is 0.309 e. The third kappa shape index (κ3) is 14.3. The summed E-state index contributed by atoms with van der Waals surface area (Å²) in [6.45, 7) is 28.8. The van der Waals surface area contributed by atoms with Crippen molar-refractivity contribution in [3.05, 3.63) is 331 Å². The van der Waals surface area contributed by atoms with Crippen LogP contribution in [0.25, 0.3) is 106 Å². The Morgan fingerprint density at radius 3 is 1.49 bits per heavy atom. The van der Waals surface area contributed by atoms with Gasteiger partial charge >= 0.3 is 0 Å². The second-order valence-corrected chi connectivity index (χ2v) is 23.5. The van der Waals surface area contributed by atoms with Crippen LogP contribution in [0.1, 0.15) is 88.3 Å². The highest BCUT2D eigenvalue weighted by molar-refractivity contribution is 6.11. The Labute approximate surface area is 530 Å². The average molecular weight is 1160 g/mol. The number of aromatic nitrogens is 1. The van der Waals surface area contributed by atoms with Gasteiger partial charge in [-0.15, -0.1) is 6.58 Å². The van der Waals surface area contributed by atoms with E-state index in [1.165, 1.54) is 133 Å². The molecule has 1 unspecified atom stereocenters. The van der Waals surface area contributed by atoms with Crippen LogP contribution in [-0.4, -0.2) is 10.3 Å². The van der Waals surface area contributed by atoms with Crippen LogP contribution >= 0.6 is 0 Å². The molecule has 1 atom stereocenters. The van der Waals surface area contributed by atoms with E-state index in [-0.39, 0.29) is 0 Å². The highest BCUT2D eigenvalue weighted by Gasteiger charge is 2.20. The number of aryl methyl sites for hydroxylation is 3. The fraction of sp³-hybridized carbons (Fsp3) is 0.138. The lowest BCUT2D eigenvalue weighted by Crippen LogP contribution is -2.08. The van der Waals surface area contributed by atoms with Gasteiger partial charge in [0.2, 0.25) is 0 Å². The standard InChI is InChI=1S/C56H41N.C25H27N.C4H8.C2H6/c1-38-15-9-10-24-51(38)53-36-46(28-27-39(53)2)47-29-30-56-54(37-47)52-25-11-12-26-55(52)57(56)50-34-48(44-22-13-20-42(31-44)40-16-5-3-6-17-40)33-49(35-50)45-23-14-21-43(32-45)41-18-7-4-8-19-41;1-17-14-15-18(2)24(16-17)25-19(3)10-9-13-23(25)21(5)26-20(4)22-11-7-6-8-12-22;1-4(2)3;1-2/h3-37H,1-2H3;6-15,17H,4,16H2,1-3,5H3;1H2,2-3H3;1-2H3. The Hall–Kier alpha value is -10.2. The second kappa shape index (κ2) is 28.6. The molecule has 0 bridgehead atoms. The molecule has 0 N–H and O–H groups in total. The lowest BCUT2D eigenvalue weighted by atomic mass is 9.82. The van der Waals surface area contributed by atoms with Gasteiger partial charge in [-0.25, -0.2) is 0 Å². The van der Waals surface area contributed by atoms with Gasteiger partial charge in [-0.05, 0) is 221 Å². The van der Waals surface area contributed by atoms with Gasteiger partial charge in [0.05, 0.1) is 16.7 Å². The lowest BCUT2D eigenvalue weighted by molar-refractivity contribution is 0.743. The summed E-state index contributed by atoms with van der Waals surface area (Å²) in [5.74, 6) is 0.567. The minimum atomic E-state index is 0.567. The number of aliphatic imine (C=N–C) groups is 1. The SMILES string of the molecule is C=C(C)C.C=C(N=C(C)c1cccc(C)c1C1=C(C)C=CC(C)C1)c1ccccc1.CC.Cc1ccccc1-c1cc(-c2ccc3c(c2)c2ccccc2n3-c2cc(-c3cccc(-c4ccccc4)c3)cc(-c3cccc(-c4ccccc4)c3)c2)ccc1C. The molecule has 1 heterocycles. The molecular weight excluding hydrogens is 1070 g/mol. The van der Waals surface area contributed by atoms with E-state index in [4.69, 9.17) is 4.99 Å². The van der Waals surface area contributed by atoms with Crippen LogP contribution in [0.15, 0.2) is 302 Å². The molecule has 12 aromatic rings. The number of benzene rings is 11. The van der Waals surface area contributed by atoms with Crippen molar-refractivity contribution in [1.29, 1.82) is 0 Å². The van der Waals surface area contributed by atoms with Crippen molar-refractivity contribution >= 4 is 38.8 Å². The van der Waals surface area contributed by atoms with Gasteiger partial charge in [-0.3, -0.25) is 4.99 Å². The van der Waals surface area contributed by atoms with E-state index in [2.05, 4.69) is 314 Å². The summed E-state index contributed by atoms with van der Waals surface area (Å²) in [4.78, 5) is 4.84. The molecule has 0 spiro atoms. The van der Waals surface area contributed by atoms with Crippen molar-refractivity contribution in [2.24, 2.45) is 10.9 Å². The van der Waals surface area contributed by atoms with E-state index in [0.29, 0.717) is 5.92 Å². The fourth-order valence-corrected chi connectivity index (χ4v) is 12.1. The number of allylic oxidation sites excluding steroid dienone is 5. The van der Waals surface area contributed by atoms with Crippen LogP contribution in [0.4, 0.5) is 0 Å². The maximum atomic E-state index is 4.84. The number of rotatable bonds is 11. The first-order chi connectivity index (χ1) is 43.3. The minimum Gasteiger partial charge on any atom is -0.309 e. The Kier molecular flexibility index (Phi) is 19.9. The van der Waals surface area contributed by atoms with E-state index in [1.54, 1.807) is 0 Å². The molecular formula is C87H82N2. The zero-order valence-corrected chi connectivity index (χ0v) is 53.6. The molecule has 2 nitrogen and oxygen atoms in total. The summed E-state index contributed by atoms with van der Waals surface area (Å²) >= 11 is 0. The number of hydrogen-bond donors (Lipinski definition) is 0. The van der Waals surface area contributed by atoms with Gasteiger partial charge in [-0.1, -0.05) is 251 Å². The van der Waals surface area contributed by atoms with Crippen molar-refractivity contribution in [2.45, 2.75) is 75.7 Å². The topological polar surface area (TPSA) is 17.3 Å². The summed E-state index contributed by atoms with van der Waals surface area (Å²) in [6.07, 6.45) is 5.64. The van der Waals surface area contributed by atoms with Gasteiger partial charge in [0.15, 0.2) is 0 Å². The maximum absolute atomic E-state index is 4.84. The van der Waals surface area contributed by atoms with Crippen molar-refractivity contribution in [3.63, 3.8) is 0 Å². The molecule has 0 radical (unpaired) electrons. The zero-order chi connectivity index (χ0) is 62.6. The second-order valence-electron chi connectivity index (χ2n) is 23.5. The maximum Gasteiger partial charge on any atom is 0.0633 e. The van der Waals surface area contributed by atoms with E-state index in [0.717, 1.165) is 29.1 Å². The zero-order valence-electron chi connectivity index (χ0n) is 53.6. The van der Waals surface area contributed by atoms with Crippen LogP contribution in [0, 0.1) is 26.7 Å². The molecule has 1 aromatic heterocycles. The summed E-state index contributed by atoms with van der Waals surface area (Å²) < 4.78 is 2.46. The molecule has 1 aliphatic rings. The average Bonchev–Trinajstić information content (AvgIpc) is 1.75. The van der Waals surface area contributed by atoms with Gasteiger partial charge in [0.1, 0.15) is 0 Å². The van der Waals surface area contributed by atoms with Gasteiger partial charge in [-0.2, -0.15) is 0 Å². The third-order valence-corrected chi connectivity index (χ3v) is 16.5. The van der Waals surface area contributed by atoms with E-state index >= 15 is 0 Å². The van der Waals surface area contributed by atoms with Gasteiger partial charge in [0.25, 0.3) is 0 Å². The van der Waals surface area contributed by atoms with E-state index in [9.17, 15) is 0 Å². The normalized spacial score (nSPS) is 12.7. The summed E-state index contributed by atoms with van der Waals surface area (Å²) in [5.41, 5.74) is 31.3. The van der Waals surface area contributed by atoms with Gasteiger partial charge < -0.3 is 4.57 Å². The molecule has 11 aromatic carbocycles. The lowest BCUT2D eigenvalue weighted by Gasteiger charge is -2.23. The Balaban J connectivity index is 0.000000228. The van der Waals surface area contributed by atoms with Crippen LogP contribution in [0.5, 0.6) is 0 Å². The third-order valence-electron chi connectivity index (χ3n) is 16.5. The molecule has 0 saturated carbocycles. The van der Waals surface area contributed by atoms with Crippen LogP contribution in [0.2, 0.25) is 0 Å². The smallest absolute Gasteiger partial charge is 0.0633 e. The predicted molar refractivity (Wildman–Crippen MR) is 389 cm³/mol. The quantitative estimate of drug-likeness (QED) is 0.0907. The molecule has 1 aliphatic carbocycles. The van der Waals surface area contributed by atoms with Crippen molar-refractivity contribution in [2.75, 3.05) is 0 Å². The van der Waals surface area contributed by atoms with Crippen LogP contribution < -0.4 is 0 Å². The molecule has 0 amide bonds. The van der Waals surface area contributed by atoms with Gasteiger partial charge in [0, 0.05) is 27.7 Å². The Morgan fingerprint density at radius 2 is 0.876 bits per heavy atom. The van der Waals surface area contributed by atoms with E-state index in [1.807, 2.05) is 45.9 Å². The molecule has 13 rings (SSSR count). The first-order valence-corrected chi connectivity index (χ1v) is 31.4. The number of nitrogens with zero attached hydrogens (tertiary/aromatic N) is 2. The first-order valence-electron chi connectivity index (χ1n) is 31.4. The molecule has 89 heavy (non-hydrogen) atoms. The highest BCUT2D eigenvalue weighted by atomic mass is 15.0. The molecule has 0 fully saturated rings. The highest BCUT2D eigenvalue weighted by Crippen LogP contribution is 2.41. The Bertz CT molecular complexity index is 4480.